The van der Waals surface area contributed by atoms with Crippen molar-refractivity contribution in [3.63, 3.8) is 0 Å². The summed E-state index contributed by atoms with van der Waals surface area (Å²) < 4.78 is 5.02. The van der Waals surface area contributed by atoms with Gasteiger partial charge in [0.1, 0.15) is 0 Å². The number of aryl methyl sites for hydroxylation is 1. The molecule has 0 amide bonds. The zero-order chi connectivity index (χ0) is 12.0. The average molecular weight is 222 g/mol. The maximum Gasteiger partial charge on any atom is 0.0816 e. The molecule has 1 rings (SSSR count). The molecule has 0 saturated carbocycles. The summed E-state index contributed by atoms with van der Waals surface area (Å²) in [6.45, 7) is 4.88. The minimum absolute atomic E-state index is 0.229. The van der Waals surface area contributed by atoms with Crippen molar-refractivity contribution >= 4 is 0 Å². The lowest BCUT2D eigenvalue weighted by Crippen LogP contribution is -2.11. The van der Waals surface area contributed by atoms with E-state index in [1.807, 2.05) is 12.1 Å². The molecule has 0 bridgehead atoms. The SMILES string of the molecule is CCc1ccc(C(O)C(C)CCOC)cc1. The molecule has 16 heavy (non-hydrogen) atoms. The van der Waals surface area contributed by atoms with Crippen molar-refractivity contribution in [3.8, 4) is 0 Å². The smallest absolute Gasteiger partial charge is 0.0816 e. The fourth-order valence-electron chi connectivity index (χ4n) is 1.74. The third kappa shape index (κ3) is 3.62. The molecule has 2 unspecified atom stereocenters. The Kier molecular flexibility index (Phi) is 5.50. The second kappa shape index (κ2) is 6.66. The molecule has 0 saturated heterocycles. The number of hydrogen-bond donors (Lipinski definition) is 1. The van der Waals surface area contributed by atoms with Gasteiger partial charge >= 0.3 is 0 Å². The minimum Gasteiger partial charge on any atom is -0.388 e. The summed E-state index contributed by atoms with van der Waals surface area (Å²) in [7, 11) is 1.69. The topological polar surface area (TPSA) is 29.5 Å². The molecule has 0 aliphatic rings. The van der Waals surface area contributed by atoms with Gasteiger partial charge in [-0.15, -0.1) is 0 Å². The minimum atomic E-state index is -0.388. The normalized spacial score (nSPS) is 14.8. The molecule has 0 radical (unpaired) electrons. The second-order valence-corrected chi connectivity index (χ2v) is 4.30. The molecule has 2 nitrogen and oxygen atoms in total. The Bertz CT molecular complexity index is 292. The lowest BCUT2D eigenvalue weighted by atomic mass is 9.94. The first-order valence-corrected chi connectivity index (χ1v) is 5.94. The van der Waals surface area contributed by atoms with E-state index in [-0.39, 0.29) is 12.0 Å². The van der Waals surface area contributed by atoms with Crippen LogP contribution in [0.5, 0.6) is 0 Å². The fourth-order valence-corrected chi connectivity index (χ4v) is 1.74. The van der Waals surface area contributed by atoms with Crippen LogP contribution in [0.1, 0.15) is 37.5 Å². The summed E-state index contributed by atoms with van der Waals surface area (Å²) in [5, 5.41) is 10.1. The maximum absolute atomic E-state index is 10.1. The third-order valence-corrected chi connectivity index (χ3v) is 3.05. The van der Waals surface area contributed by atoms with Crippen LogP contribution in [0.3, 0.4) is 0 Å². The molecule has 0 fully saturated rings. The Hall–Kier alpha value is -0.860. The predicted octanol–water partition coefficient (Wildman–Crippen LogP) is 2.96. The molecule has 1 N–H and O–H groups in total. The van der Waals surface area contributed by atoms with Crippen molar-refractivity contribution in [1.82, 2.24) is 0 Å². The Labute approximate surface area is 98.3 Å². The number of rotatable bonds is 6. The zero-order valence-corrected chi connectivity index (χ0v) is 10.4. The zero-order valence-electron chi connectivity index (χ0n) is 10.4. The van der Waals surface area contributed by atoms with Crippen LogP contribution in [0.25, 0.3) is 0 Å². The van der Waals surface area contributed by atoms with E-state index in [1.165, 1.54) is 5.56 Å². The van der Waals surface area contributed by atoms with Crippen molar-refractivity contribution in [2.45, 2.75) is 32.8 Å². The third-order valence-electron chi connectivity index (χ3n) is 3.05. The molecular weight excluding hydrogens is 200 g/mol. The molecule has 0 aromatic heterocycles. The quantitative estimate of drug-likeness (QED) is 0.802. The highest BCUT2D eigenvalue weighted by Crippen LogP contribution is 2.24. The van der Waals surface area contributed by atoms with Gasteiger partial charge in [0.05, 0.1) is 6.10 Å². The molecule has 0 aliphatic carbocycles. The van der Waals surface area contributed by atoms with Crippen molar-refractivity contribution in [3.05, 3.63) is 35.4 Å². The van der Waals surface area contributed by atoms with Gasteiger partial charge in [0, 0.05) is 13.7 Å². The van der Waals surface area contributed by atoms with E-state index < -0.39 is 0 Å². The lowest BCUT2D eigenvalue weighted by Gasteiger charge is -2.19. The van der Waals surface area contributed by atoms with Gasteiger partial charge in [-0.25, -0.2) is 0 Å². The van der Waals surface area contributed by atoms with Crippen molar-refractivity contribution < 1.29 is 9.84 Å². The number of aliphatic hydroxyl groups excluding tert-OH is 1. The van der Waals surface area contributed by atoms with E-state index in [9.17, 15) is 5.11 Å². The first-order chi connectivity index (χ1) is 7.69. The Morgan fingerprint density at radius 3 is 2.38 bits per heavy atom. The summed E-state index contributed by atoms with van der Waals surface area (Å²) in [4.78, 5) is 0. The van der Waals surface area contributed by atoms with E-state index in [4.69, 9.17) is 4.74 Å². The van der Waals surface area contributed by atoms with E-state index in [0.29, 0.717) is 6.61 Å². The van der Waals surface area contributed by atoms with Gasteiger partial charge in [0.15, 0.2) is 0 Å². The van der Waals surface area contributed by atoms with Crippen molar-refractivity contribution in [2.24, 2.45) is 5.92 Å². The molecule has 0 spiro atoms. The number of hydrogen-bond acceptors (Lipinski definition) is 2. The molecule has 0 heterocycles. The summed E-state index contributed by atoms with van der Waals surface area (Å²) >= 11 is 0. The average Bonchev–Trinajstić information content (AvgIpc) is 2.35. The van der Waals surface area contributed by atoms with Crippen LogP contribution in [0.4, 0.5) is 0 Å². The van der Waals surface area contributed by atoms with Crippen molar-refractivity contribution in [1.29, 1.82) is 0 Å². The van der Waals surface area contributed by atoms with Crippen molar-refractivity contribution in [2.75, 3.05) is 13.7 Å². The van der Waals surface area contributed by atoms with Gasteiger partial charge in [-0.3, -0.25) is 0 Å². The highest BCUT2D eigenvalue weighted by atomic mass is 16.5. The fraction of sp³-hybridized carbons (Fsp3) is 0.571. The van der Waals surface area contributed by atoms with Gasteiger partial charge in [0.2, 0.25) is 0 Å². The van der Waals surface area contributed by atoms with E-state index >= 15 is 0 Å². The molecule has 90 valence electrons. The number of methoxy groups -OCH3 is 1. The second-order valence-electron chi connectivity index (χ2n) is 4.30. The van der Waals surface area contributed by atoms with Crippen LogP contribution in [-0.4, -0.2) is 18.8 Å². The van der Waals surface area contributed by atoms with Gasteiger partial charge < -0.3 is 9.84 Å². The largest absolute Gasteiger partial charge is 0.388 e. The van der Waals surface area contributed by atoms with Gasteiger partial charge in [-0.1, -0.05) is 38.1 Å². The first kappa shape index (κ1) is 13.2. The summed E-state index contributed by atoms with van der Waals surface area (Å²) in [5.41, 5.74) is 2.31. The van der Waals surface area contributed by atoms with E-state index in [1.54, 1.807) is 7.11 Å². The predicted molar refractivity (Wildman–Crippen MR) is 66.4 cm³/mol. The first-order valence-electron chi connectivity index (χ1n) is 5.94. The van der Waals surface area contributed by atoms with Crippen LogP contribution in [0, 0.1) is 5.92 Å². The molecule has 1 aromatic rings. The molecule has 2 heteroatoms. The lowest BCUT2D eigenvalue weighted by molar-refractivity contribution is 0.0886. The van der Waals surface area contributed by atoms with Crippen LogP contribution in [0.2, 0.25) is 0 Å². The van der Waals surface area contributed by atoms with Gasteiger partial charge in [0.25, 0.3) is 0 Å². The van der Waals surface area contributed by atoms with Gasteiger partial charge in [-0.05, 0) is 29.9 Å². The van der Waals surface area contributed by atoms with Crippen LogP contribution >= 0.6 is 0 Å². The van der Waals surface area contributed by atoms with Crippen LogP contribution in [0.15, 0.2) is 24.3 Å². The van der Waals surface area contributed by atoms with Gasteiger partial charge in [-0.2, -0.15) is 0 Å². The summed E-state index contributed by atoms with van der Waals surface area (Å²) in [5.74, 6) is 0.229. The van der Waals surface area contributed by atoms with E-state index in [0.717, 1.165) is 18.4 Å². The van der Waals surface area contributed by atoms with E-state index in [2.05, 4.69) is 26.0 Å². The van der Waals surface area contributed by atoms with Crippen LogP contribution in [-0.2, 0) is 11.2 Å². The maximum atomic E-state index is 10.1. The summed E-state index contributed by atoms with van der Waals surface area (Å²) in [6.07, 6.45) is 1.53. The summed E-state index contributed by atoms with van der Waals surface area (Å²) in [6, 6.07) is 8.21. The Morgan fingerprint density at radius 1 is 1.25 bits per heavy atom. The molecule has 2 atom stereocenters. The number of benzene rings is 1. The monoisotopic (exact) mass is 222 g/mol. The van der Waals surface area contributed by atoms with Crippen LogP contribution < -0.4 is 0 Å². The highest BCUT2D eigenvalue weighted by molar-refractivity contribution is 5.24. The molecular formula is C14H22O2. The highest BCUT2D eigenvalue weighted by Gasteiger charge is 2.15. The Morgan fingerprint density at radius 2 is 1.88 bits per heavy atom. The number of aliphatic hydroxyl groups is 1. The Balaban J connectivity index is 2.60. The number of ether oxygens (including phenoxy) is 1. The molecule has 1 aromatic carbocycles. The molecule has 0 aliphatic heterocycles. The standard InChI is InChI=1S/C14H22O2/c1-4-12-5-7-13(8-6-12)14(15)11(2)9-10-16-3/h5-8,11,14-15H,4,9-10H2,1-3H3.